The minimum atomic E-state index is -0.356. The zero-order valence-electron chi connectivity index (χ0n) is 10.3. The lowest BCUT2D eigenvalue weighted by Gasteiger charge is -2.09. The second kappa shape index (κ2) is 6.07. The topological polar surface area (TPSA) is 41.5 Å². The van der Waals surface area contributed by atoms with Gasteiger partial charge in [-0.25, -0.2) is 0 Å². The standard InChI is InChI=1S/C15H17NO2/c1-12(17)11-16-13-7-9-15(10-8-13)18-14-5-3-2-4-6-14/h2-10,12,16-17H,11H2,1H3/t12-/m1/s1. The summed E-state index contributed by atoms with van der Waals surface area (Å²) in [4.78, 5) is 0. The summed E-state index contributed by atoms with van der Waals surface area (Å²) >= 11 is 0. The molecule has 0 amide bonds. The summed E-state index contributed by atoms with van der Waals surface area (Å²) < 4.78 is 5.68. The van der Waals surface area contributed by atoms with Crippen LogP contribution in [-0.4, -0.2) is 17.8 Å². The van der Waals surface area contributed by atoms with E-state index in [1.807, 2.05) is 54.6 Å². The second-order valence-corrected chi connectivity index (χ2v) is 4.17. The lowest BCUT2D eigenvalue weighted by atomic mass is 10.3. The average molecular weight is 243 g/mol. The Morgan fingerprint density at radius 2 is 1.61 bits per heavy atom. The molecule has 0 fully saturated rings. The van der Waals surface area contributed by atoms with Gasteiger partial charge in [-0.15, -0.1) is 0 Å². The SMILES string of the molecule is C[C@@H](O)CNc1ccc(Oc2ccccc2)cc1. The molecule has 0 aromatic heterocycles. The van der Waals surface area contributed by atoms with E-state index in [9.17, 15) is 5.11 Å². The van der Waals surface area contributed by atoms with Gasteiger partial charge in [0.25, 0.3) is 0 Å². The molecular weight excluding hydrogens is 226 g/mol. The van der Waals surface area contributed by atoms with Crippen molar-refractivity contribution in [3.05, 3.63) is 54.6 Å². The van der Waals surface area contributed by atoms with Gasteiger partial charge in [0.1, 0.15) is 11.5 Å². The first-order valence-corrected chi connectivity index (χ1v) is 5.99. The monoisotopic (exact) mass is 243 g/mol. The molecule has 0 aliphatic heterocycles. The average Bonchev–Trinajstić information content (AvgIpc) is 2.39. The van der Waals surface area contributed by atoms with Gasteiger partial charge in [-0.05, 0) is 43.3 Å². The summed E-state index contributed by atoms with van der Waals surface area (Å²) in [5.74, 6) is 1.62. The van der Waals surface area contributed by atoms with Crippen LogP contribution in [0.15, 0.2) is 54.6 Å². The molecular formula is C15H17NO2. The van der Waals surface area contributed by atoms with E-state index in [1.165, 1.54) is 0 Å². The van der Waals surface area contributed by atoms with E-state index in [2.05, 4.69) is 5.32 Å². The number of nitrogens with one attached hydrogen (secondary N) is 1. The Bertz CT molecular complexity index is 466. The molecule has 0 heterocycles. The number of benzene rings is 2. The smallest absolute Gasteiger partial charge is 0.127 e. The molecule has 0 spiro atoms. The first-order valence-electron chi connectivity index (χ1n) is 5.99. The molecule has 2 N–H and O–H groups in total. The first-order chi connectivity index (χ1) is 8.74. The molecule has 0 unspecified atom stereocenters. The minimum absolute atomic E-state index is 0.356. The lowest BCUT2D eigenvalue weighted by Crippen LogP contribution is -2.15. The highest BCUT2D eigenvalue weighted by atomic mass is 16.5. The summed E-state index contributed by atoms with van der Waals surface area (Å²) in [5.41, 5.74) is 0.969. The lowest BCUT2D eigenvalue weighted by molar-refractivity contribution is 0.208. The maximum absolute atomic E-state index is 9.18. The predicted octanol–water partition coefficient (Wildman–Crippen LogP) is 3.27. The van der Waals surface area contributed by atoms with Gasteiger partial charge in [0.05, 0.1) is 6.10 Å². The number of para-hydroxylation sites is 1. The van der Waals surface area contributed by atoms with E-state index >= 15 is 0 Å². The van der Waals surface area contributed by atoms with Crippen molar-refractivity contribution in [2.75, 3.05) is 11.9 Å². The van der Waals surface area contributed by atoms with Gasteiger partial charge in [0.2, 0.25) is 0 Å². The third-order valence-electron chi connectivity index (χ3n) is 2.43. The summed E-state index contributed by atoms with van der Waals surface area (Å²) in [7, 11) is 0. The van der Waals surface area contributed by atoms with E-state index < -0.39 is 0 Å². The van der Waals surface area contributed by atoms with Crippen LogP contribution in [0.1, 0.15) is 6.92 Å². The number of hydrogen-bond donors (Lipinski definition) is 2. The highest BCUT2D eigenvalue weighted by Crippen LogP contribution is 2.22. The maximum atomic E-state index is 9.18. The molecule has 18 heavy (non-hydrogen) atoms. The number of ether oxygens (including phenoxy) is 1. The maximum Gasteiger partial charge on any atom is 0.127 e. The molecule has 2 rings (SSSR count). The van der Waals surface area contributed by atoms with Crippen LogP contribution in [0.3, 0.4) is 0 Å². The van der Waals surface area contributed by atoms with Gasteiger partial charge in [-0.2, -0.15) is 0 Å². The number of anilines is 1. The number of rotatable bonds is 5. The molecule has 0 aliphatic carbocycles. The third-order valence-corrected chi connectivity index (χ3v) is 2.43. The van der Waals surface area contributed by atoms with Crippen LogP contribution in [0.25, 0.3) is 0 Å². The highest BCUT2D eigenvalue weighted by Gasteiger charge is 1.98. The van der Waals surface area contributed by atoms with Gasteiger partial charge in [-0.3, -0.25) is 0 Å². The van der Waals surface area contributed by atoms with Gasteiger partial charge in [0.15, 0.2) is 0 Å². The zero-order chi connectivity index (χ0) is 12.8. The van der Waals surface area contributed by atoms with Gasteiger partial charge in [-0.1, -0.05) is 18.2 Å². The van der Waals surface area contributed by atoms with Crippen molar-refractivity contribution < 1.29 is 9.84 Å². The van der Waals surface area contributed by atoms with Crippen LogP contribution in [0.5, 0.6) is 11.5 Å². The fraction of sp³-hybridized carbons (Fsp3) is 0.200. The van der Waals surface area contributed by atoms with Crippen molar-refractivity contribution in [3.63, 3.8) is 0 Å². The van der Waals surface area contributed by atoms with Crippen LogP contribution in [0.2, 0.25) is 0 Å². The predicted molar refractivity (Wildman–Crippen MR) is 73.1 cm³/mol. The zero-order valence-corrected chi connectivity index (χ0v) is 10.3. The molecule has 1 atom stereocenters. The highest BCUT2D eigenvalue weighted by molar-refractivity contribution is 5.47. The van der Waals surface area contributed by atoms with Gasteiger partial charge in [0, 0.05) is 12.2 Å². The minimum Gasteiger partial charge on any atom is -0.457 e. The van der Waals surface area contributed by atoms with E-state index in [0.717, 1.165) is 17.2 Å². The van der Waals surface area contributed by atoms with Crippen molar-refractivity contribution in [2.45, 2.75) is 13.0 Å². The molecule has 3 heteroatoms. The third kappa shape index (κ3) is 3.79. The molecule has 2 aromatic rings. The summed E-state index contributed by atoms with van der Waals surface area (Å²) in [6.45, 7) is 2.29. The van der Waals surface area contributed by atoms with Crippen LogP contribution < -0.4 is 10.1 Å². The summed E-state index contributed by atoms with van der Waals surface area (Å²) in [6, 6.07) is 17.3. The fourth-order valence-corrected chi connectivity index (χ4v) is 1.53. The first kappa shape index (κ1) is 12.5. The molecule has 0 saturated heterocycles. The van der Waals surface area contributed by atoms with Crippen LogP contribution >= 0.6 is 0 Å². The van der Waals surface area contributed by atoms with E-state index in [4.69, 9.17) is 4.74 Å². The Morgan fingerprint density at radius 3 is 2.22 bits per heavy atom. The summed E-state index contributed by atoms with van der Waals surface area (Å²) in [6.07, 6.45) is -0.356. The van der Waals surface area contributed by atoms with Crippen molar-refractivity contribution >= 4 is 5.69 Å². The Balaban J connectivity index is 1.95. The van der Waals surface area contributed by atoms with Crippen LogP contribution in [-0.2, 0) is 0 Å². The summed E-state index contributed by atoms with van der Waals surface area (Å²) in [5, 5.41) is 12.3. The molecule has 3 nitrogen and oxygen atoms in total. The molecule has 0 saturated carbocycles. The Morgan fingerprint density at radius 1 is 1.00 bits per heavy atom. The number of aliphatic hydroxyl groups excluding tert-OH is 1. The Kier molecular flexibility index (Phi) is 4.20. The van der Waals surface area contributed by atoms with Gasteiger partial charge >= 0.3 is 0 Å². The molecule has 0 bridgehead atoms. The molecule has 94 valence electrons. The van der Waals surface area contributed by atoms with Crippen molar-refractivity contribution in [2.24, 2.45) is 0 Å². The largest absolute Gasteiger partial charge is 0.457 e. The Labute approximate surface area is 107 Å². The number of hydrogen-bond acceptors (Lipinski definition) is 3. The second-order valence-electron chi connectivity index (χ2n) is 4.17. The quantitative estimate of drug-likeness (QED) is 0.846. The van der Waals surface area contributed by atoms with Gasteiger partial charge < -0.3 is 15.2 Å². The van der Waals surface area contributed by atoms with Crippen molar-refractivity contribution in [3.8, 4) is 11.5 Å². The molecule has 0 radical (unpaired) electrons. The van der Waals surface area contributed by atoms with E-state index in [1.54, 1.807) is 6.92 Å². The molecule has 2 aromatic carbocycles. The van der Waals surface area contributed by atoms with E-state index in [-0.39, 0.29) is 6.10 Å². The molecule has 0 aliphatic rings. The van der Waals surface area contributed by atoms with Crippen LogP contribution in [0, 0.1) is 0 Å². The fourth-order valence-electron chi connectivity index (χ4n) is 1.53. The Hall–Kier alpha value is -2.00. The normalized spacial score (nSPS) is 11.9. The van der Waals surface area contributed by atoms with Crippen LogP contribution in [0.4, 0.5) is 5.69 Å². The van der Waals surface area contributed by atoms with Crippen molar-refractivity contribution in [1.82, 2.24) is 0 Å². The number of aliphatic hydroxyl groups is 1. The van der Waals surface area contributed by atoms with E-state index in [0.29, 0.717) is 6.54 Å². The van der Waals surface area contributed by atoms with Crippen molar-refractivity contribution in [1.29, 1.82) is 0 Å².